The summed E-state index contributed by atoms with van der Waals surface area (Å²) in [5, 5.41) is 8.27. The minimum atomic E-state index is -1.42. The molecule has 1 aromatic carbocycles. The van der Waals surface area contributed by atoms with Crippen LogP contribution in [-0.4, -0.2) is 119 Å². The van der Waals surface area contributed by atoms with Crippen molar-refractivity contribution in [3.05, 3.63) is 42.0 Å². The Morgan fingerprint density at radius 2 is 1.65 bits per heavy atom. The van der Waals surface area contributed by atoms with Crippen molar-refractivity contribution in [1.29, 1.82) is 0 Å². The zero-order valence-corrected chi connectivity index (χ0v) is 31.6. The zero-order chi connectivity index (χ0) is 38.9. The highest BCUT2D eigenvalue weighted by atomic mass is 16.5. The van der Waals surface area contributed by atoms with Crippen LogP contribution in [-0.2, 0) is 44.7 Å². The van der Waals surface area contributed by atoms with E-state index in [1.807, 2.05) is 13.8 Å². The molecule has 0 bridgehead atoms. The summed E-state index contributed by atoms with van der Waals surface area (Å²) in [4.78, 5) is 101. The highest BCUT2D eigenvalue weighted by Gasteiger charge is 2.46. The number of piperidine rings is 1. The van der Waals surface area contributed by atoms with E-state index in [0.717, 1.165) is 12.8 Å². The van der Waals surface area contributed by atoms with Gasteiger partial charge in [-0.05, 0) is 81.6 Å². The molecular weight excluding hydrogens is 694 g/mol. The van der Waals surface area contributed by atoms with Crippen LogP contribution in [0.15, 0.2) is 36.4 Å². The number of fused-ring (bicyclic) bond motifs is 3. The normalized spacial score (nSPS) is 27.5. The Morgan fingerprint density at radius 1 is 0.944 bits per heavy atom. The predicted octanol–water partition coefficient (Wildman–Crippen LogP) is 1.20. The van der Waals surface area contributed by atoms with Crippen molar-refractivity contribution in [2.24, 2.45) is 5.92 Å². The maximum atomic E-state index is 14.4. The molecule has 15 heteroatoms. The number of ether oxygens (including phenoxy) is 1. The minimum absolute atomic E-state index is 0.0467. The molecule has 4 aliphatic rings. The lowest BCUT2D eigenvalue weighted by atomic mass is 9.91. The van der Waals surface area contributed by atoms with Crippen LogP contribution in [0, 0.1) is 5.92 Å². The lowest BCUT2D eigenvalue weighted by Crippen LogP contribution is -2.62. The molecule has 6 amide bonds. The van der Waals surface area contributed by atoms with Gasteiger partial charge in [-0.25, -0.2) is 4.79 Å². The van der Waals surface area contributed by atoms with Gasteiger partial charge >= 0.3 is 5.97 Å². The molecule has 0 saturated carbocycles. The summed E-state index contributed by atoms with van der Waals surface area (Å²) in [6.45, 7) is 5.84. The quantitative estimate of drug-likeness (QED) is 0.124. The third-order valence-corrected chi connectivity index (χ3v) is 10.8. The van der Waals surface area contributed by atoms with Crippen molar-refractivity contribution < 1.29 is 38.3 Å². The molecule has 4 heterocycles. The lowest BCUT2D eigenvalue weighted by molar-refractivity contribution is -0.158. The van der Waals surface area contributed by atoms with E-state index in [1.165, 1.54) is 20.8 Å². The second kappa shape index (κ2) is 18.4. The fourth-order valence-corrected chi connectivity index (χ4v) is 7.83. The van der Waals surface area contributed by atoms with Gasteiger partial charge in [-0.2, -0.15) is 0 Å². The van der Waals surface area contributed by atoms with Crippen molar-refractivity contribution in [3.8, 4) is 0 Å². The molecule has 7 atom stereocenters. The number of hydrogen-bond acceptors (Lipinski definition) is 9. The fourth-order valence-electron chi connectivity index (χ4n) is 7.83. The van der Waals surface area contributed by atoms with Gasteiger partial charge in [-0.15, -0.1) is 0 Å². The van der Waals surface area contributed by atoms with Gasteiger partial charge in [0.2, 0.25) is 35.4 Å². The summed E-state index contributed by atoms with van der Waals surface area (Å²) in [6.07, 6.45) is 8.47. The van der Waals surface area contributed by atoms with Gasteiger partial charge in [0.25, 0.3) is 0 Å². The van der Waals surface area contributed by atoms with Crippen LogP contribution < -0.4 is 21.7 Å². The number of rotatable bonds is 9. The molecule has 4 fully saturated rings. The number of hydrogen-bond donors (Lipinski definition) is 4. The first-order valence-corrected chi connectivity index (χ1v) is 19.4. The van der Waals surface area contributed by atoms with Crippen molar-refractivity contribution in [3.63, 3.8) is 0 Å². The number of cyclic esters (lactones) is 1. The molecule has 294 valence electrons. The number of esters is 1. The Balaban J connectivity index is 1.45. The molecule has 0 aromatic heterocycles. The highest BCUT2D eigenvalue weighted by molar-refractivity contribution is 5.98. The van der Waals surface area contributed by atoms with Gasteiger partial charge in [-0.3, -0.25) is 28.8 Å². The number of nitrogens with one attached hydrogen (secondary N) is 3. The maximum absolute atomic E-state index is 14.4. The molecule has 0 radical (unpaired) electrons. The number of benzene rings is 1. The van der Waals surface area contributed by atoms with E-state index in [-0.39, 0.29) is 31.3 Å². The van der Waals surface area contributed by atoms with Crippen LogP contribution in [0.3, 0.4) is 0 Å². The van der Waals surface area contributed by atoms with Gasteiger partial charge in [0, 0.05) is 31.7 Å². The van der Waals surface area contributed by atoms with Gasteiger partial charge in [-0.1, -0.05) is 44.9 Å². The highest BCUT2D eigenvalue weighted by Crippen LogP contribution is 2.28. The Bertz CT molecular complexity index is 1620. The first-order chi connectivity index (χ1) is 25.9. The first kappa shape index (κ1) is 40.2. The maximum Gasteiger partial charge on any atom is 0.328 e. The van der Waals surface area contributed by atoms with Crippen LogP contribution in [0.2, 0.25) is 0 Å². The van der Waals surface area contributed by atoms with E-state index in [1.54, 1.807) is 37.3 Å². The Labute approximate surface area is 316 Å². The van der Waals surface area contributed by atoms with Gasteiger partial charge in [0.1, 0.15) is 42.9 Å². The molecule has 4 saturated heterocycles. The van der Waals surface area contributed by atoms with Crippen LogP contribution in [0.25, 0.3) is 0 Å². The summed E-state index contributed by atoms with van der Waals surface area (Å²) in [5.74, 6) is -3.74. The molecule has 5 rings (SSSR count). The second-order valence-corrected chi connectivity index (χ2v) is 15.0. The Morgan fingerprint density at radius 3 is 2.37 bits per heavy atom. The largest absolute Gasteiger partial charge is 0.461 e. The average Bonchev–Trinajstić information content (AvgIpc) is 3.84. The van der Waals surface area contributed by atoms with Gasteiger partial charge in [0.15, 0.2) is 0 Å². The summed E-state index contributed by atoms with van der Waals surface area (Å²) in [7, 11) is 0. The standard InChI is InChI=1S/C39H55N7O8/c1-4-5-6-7-15-33(47)42-28(22-26-11-8-12-27(40)21-26)34(48)43-29-23-54-39(53)31-14-10-18-45(31)36(50)25(3)41-35(49)32-20-24(2)16-19-46(32)38(52)30-13-9-17-44(30)37(29)51/h7-8,11-12,15,21,24-25,28-32H,4-6,9-10,13-14,16-20,22-23,40H2,1-3H3,(H,41,49)(H,42,47)(H,43,48)/t24?,25-,28-,29-,30-,31-,32-/m0/s1. The number of anilines is 1. The molecule has 4 aliphatic heterocycles. The number of allylic oxidation sites excluding steroid dienone is 1. The van der Waals surface area contributed by atoms with Crippen LogP contribution in [0.5, 0.6) is 0 Å². The fraction of sp³-hybridized carbons (Fsp3) is 0.615. The average molecular weight is 750 g/mol. The number of carbonyl (C=O) groups is 7. The van der Waals surface area contributed by atoms with Crippen molar-refractivity contribution in [2.45, 2.75) is 121 Å². The molecule has 1 unspecified atom stereocenters. The monoisotopic (exact) mass is 749 g/mol. The van der Waals surface area contributed by atoms with E-state index >= 15 is 0 Å². The van der Waals surface area contributed by atoms with Gasteiger partial charge < -0.3 is 41.1 Å². The van der Waals surface area contributed by atoms with Crippen LogP contribution in [0.4, 0.5) is 5.69 Å². The topological polar surface area (TPSA) is 201 Å². The van der Waals surface area contributed by atoms with Crippen LogP contribution in [0.1, 0.15) is 84.1 Å². The smallest absolute Gasteiger partial charge is 0.328 e. The van der Waals surface area contributed by atoms with E-state index in [4.69, 9.17) is 10.5 Å². The summed E-state index contributed by atoms with van der Waals surface area (Å²) in [6, 6.07) is 0.660. The second-order valence-electron chi connectivity index (χ2n) is 15.0. The SMILES string of the molecule is CCCCC=CC(=O)N[C@@H](Cc1cccc(N)c1)C(=O)N[C@H]1COC(=O)[C@@H]2CCCN2C(=O)[C@H](C)NC(=O)[C@@H]2CC(C)CCN2C(=O)[C@@H]2CCCN2C1=O. The van der Waals surface area contributed by atoms with Crippen LogP contribution >= 0.6 is 0 Å². The molecule has 15 nitrogen and oxygen atoms in total. The Hall–Kier alpha value is -4.95. The van der Waals surface area contributed by atoms with Crippen molar-refractivity contribution >= 4 is 47.1 Å². The number of nitrogen functional groups attached to an aromatic ring is 1. The number of amides is 6. The summed E-state index contributed by atoms with van der Waals surface area (Å²) < 4.78 is 5.70. The third kappa shape index (κ3) is 9.77. The van der Waals surface area contributed by atoms with Crippen molar-refractivity contribution in [2.75, 3.05) is 32.0 Å². The Kier molecular flexibility index (Phi) is 13.7. The predicted molar refractivity (Wildman–Crippen MR) is 199 cm³/mol. The zero-order valence-electron chi connectivity index (χ0n) is 31.6. The lowest BCUT2D eigenvalue weighted by Gasteiger charge is -2.41. The van der Waals surface area contributed by atoms with Crippen molar-refractivity contribution in [1.82, 2.24) is 30.7 Å². The number of nitrogens with two attached hydrogens (primary N) is 1. The molecule has 0 spiro atoms. The number of nitrogens with zero attached hydrogens (tertiary/aromatic N) is 3. The molecule has 1 aromatic rings. The third-order valence-electron chi connectivity index (χ3n) is 10.8. The van der Waals surface area contributed by atoms with Gasteiger partial charge in [0.05, 0.1) is 0 Å². The first-order valence-electron chi connectivity index (χ1n) is 19.4. The molecule has 0 aliphatic carbocycles. The number of carbonyl (C=O) groups excluding carboxylic acids is 7. The summed E-state index contributed by atoms with van der Waals surface area (Å²) in [5.41, 5.74) is 7.14. The summed E-state index contributed by atoms with van der Waals surface area (Å²) >= 11 is 0. The molecule has 5 N–H and O–H groups in total. The number of unbranched alkanes of at least 4 members (excludes halogenated alkanes) is 2. The molecular formula is C39H55N7O8. The molecule has 54 heavy (non-hydrogen) atoms. The van der Waals surface area contributed by atoms with E-state index in [2.05, 4.69) is 16.0 Å². The van der Waals surface area contributed by atoms with E-state index in [9.17, 15) is 33.6 Å². The van der Waals surface area contributed by atoms with E-state index in [0.29, 0.717) is 62.7 Å². The minimum Gasteiger partial charge on any atom is -0.461 e. The van der Waals surface area contributed by atoms with E-state index < -0.39 is 78.4 Å².